The Morgan fingerprint density at radius 2 is 2.04 bits per heavy atom. The van der Waals surface area contributed by atoms with Crippen LogP contribution in [-0.4, -0.2) is 51.5 Å². The van der Waals surface area contributed by atoms with Crippen LogP contribution in [0.15, 0.2) is 30.3 Å². The molecule has 0 bridgehead atoms. The molecule has 0 radical (unpaired) electrons. The lowest BCUT2D eigenvalue weighted by Gasteiger charge is -2.31. The highest BCUT2D eigenvalue weighted by Crippen LogP contribution is 2.50. The van der Waals surface area contributed by atoms with Crippen LogP contribution in [0.25, 0.3) is 0 Å². The fraction of sp³-hybridized carbons (Fsp3) is 0.450. The smallest absolute Gasteiger partial charge is 0.358 e. The van der Waals surface area contributed by atoms with Crippen molar-refractivity contribution in [3.8, 4) is 0 Å². The van der Waals surface area contributed by atoms with Crippen molar-refractivity contribution in [1.82, 2.24) is 14.7 Å². The third kappa shape index (κ3) is 3.48. The summed E-state index contributed by atoms with van der Waals surface area (Å²) in [6.45, 7) is 1.37. The molecule has 2 heterocycles. The van der Waals surface area contributed by atoms with E-state index in [1.165, 1.54) is 17.4 Å². The summed E-state index contributed by atoms with van der Waals surface area (Å²) in [5.74, 6) is 0.449. The highest BCUT2D eigenvalue weighted by Gasteiger charge is 2.46. The first kappa shape index (κ1) is 18.1. The maximum absolute atomic E-state index is 13.0. The number of rotatable bonds is 6. The van der Waals surface area contributed by atoms with Crippen molar-refractivity contribution in [2.75, 3.05) is 20.2 Å². The number of hydrogen-bond donors (Lipinski definition) is 0. The number of methoxy groups -OCH3 is 1. The first-order chi connectivity index (χ1) is 13.0. The zero-order valence-electron chi connectivity index (χ0n) is 15.6. The van der Waals surface area contributed by atoms with Gasteiger partial charge in [0.15, 0.2) is 5.69 Å². The Morgan fingerprint density at radius 1 is 1.30 bits per heavy atom. The second-order valence-corrected chi connectivity index (χ2v) is 8.67. The van der Waals surface area contributed by atoms with E-state index >= 15 is 0 Å². The van der Waals surface area contributed by atoms with Crippen LogP contribution in [0, 0.1) is 0 Å². The van der Waals surface area contributed by atoms with Gasteiger partial charge in [-0.05, 0) is 24.8 Å². The zero-order valence-corrected chi connectivity index (χ0v) is 16.4. The molecule has 4 rings (SSSR count). The van der Waals surface area contributed by atoms with Gasteiger partial charge in [0.05, 0.1) is 7.11 Å². The molecule has 0 N–H and O–H groups in total. The van der Waals surface area contributed by atoms with Gasteiger partial charge < -0.3 is 9.64 Å². The molecule has 1 aromatic carbocycles. The van der Waals surface area contributed by atoms with Crippen LogP contribution in [0.1, 0.15) is 44.9 Å². The first-order valence-electron chi connectivity index (χ1n) is 9.14. The third-order valence-electron chi connectivity index (χ3n) is 5.32. The summed E-state index contributed by atoms with van der Waals surface area (Å²) >= 11 is 1.95. The molecule has 1 aliphatic carbocycles. The number of thioether (sulfide) groups is 1. The average Bonchev–Trinajstić information content (AvgIpc) is 3.37. The Kier molecular flexibility index (Phi) is 4.72. The fourth-order valence-electron chi connectivity index (χ4n) is 3.63. The van der Waals surface area contributed by atoms with Crippen LogP contribution in [0.2, 0.25) is 0 Å². The maximum Gasteiger partial charge on any atom is 0.358 e. The molecule has 1 aliphatic heterocycles. The van der Waals surface area contributed by atoms with Crippen LogP contribution < -0.4 is 0 Å². The van der Waals surface area contributed by atoms with Crippen molar-refractivity contribution in [3.05, 3.63) is 52.8 Å². The molecular formula is C20H23N3O3S. The number of carbonyl (C=O) groups excluding carboxylic acids is 2. The van der Waals surface area contributed by atoms with Crippen molar-refractivity contribution in [3.63, 3.8) is 0 Å². The Bertz CT molecular complexity index is 874. The summed E-state index contributed by atoms with van der Waals surface area (Å²) in [4.78, 5) is 26.9. The van der Waals surface area contributed by atoms with Crippen LogP contribution in [0.3, 0.4) is 0 Å². The summed E-state index contributed by atoms with van der Waals surface area (Å²) in [6.07, 6.45) is 2.92. The molecule has 27 heavy (non-hydrogen) atoms. The molecule has 7 heteroatoms. The summed E-state index contributed by atoms with van der Waals surface area (Å²) in [5, 5.41) is 4.23. The second-order valence-electron chi connectivity index (χ2n) is 7.22. The van der Waals surface area contributed by atoms with Crippen molar-refractivity contribution in [2.45, 2.75) is 29.8 Å². The number of esters is 1. The normalized spacial score (nSPS) is 17.6. The lowest BCUT2D eigenvalue weighted by Crippen LogP contribution is -2.43. The van der Waals surface area contributed by atoms with Gasteiger partial charge in [-0.15, -0.1) is 11.8 Å². The minimum Gasteiger partial charge on any atom is -0.464 e. The molecule has 0 unspecified atom stereocenters. The summed E-state index contributed by atoms with van der Waals surface area (Å²) in [6, 6.07) is 10.4. The number of carbonyl (C=O) groups is 2. The van der Waals surface area contributed by atoms with Crippen molar-refractivity contribution >= 4 is 23.6 Å². The van der Waals surface area contributed by atoms with E-state index in [1.54, 1.807) is 7.05 Å². The lowest BCUT2D eigenvalue weighted by molar-refractivity contribution is 0.0591. The molecule has 0 saturated heterocycles. The fourth-order valence-corrected chi connectivity index (χ4v) is 4.93. The predicted molar refractivity (Wildman–Crippen MR) is 104 cm³/mol. The van der Waals surface area contributed by atoms with Crippen LogP contribution in [-0.2, 0) is 24.0 Å². The number of ether oxygens (including phenoxy) is 1. The molecule has 1 saturated carbocycles. The van der Waals surface area contributed by atoms with E-state index < -0.39 is 5.97 Å². The molecular weight excluding hydrogens is 362 g/mol. The van der Waals surface area contributed by atoms with Gasteiger partial charge in [-0.25, -0.2) is 4.79 Å². The number of fused-ring (bicyclic) bond motifs is 1. The van der Waals surface area contributed by atoms with Crippen LogP contribution in [0.4, 0.5) is 0 Å². The number of benzene rings is 1. The van der Waals surface area contributed by atoms with Crippen LogP contribution >= 0.6 is 11.8 Å². The molecule has 142 valence electrons. The van der Waals surface area contributed by atoms with E-state index in [-0.39, 0.29) is 16.3 Å². The number of hydrogen-bond acceptors (Lipinski definition) is 5. The van der Waals surface area contributed by atoms with Gasteiger partial charge in [0.2, 0.25) is 0 Å². The van der Waals surface area contributed by atoms with Gasteiger partial charge >= 0.3 is 5.97 Å². The van der Waals surface area contributed by atoms with E-state index in [2.05, 4.69) is 29.4 Å². The molecule has 1 fully saturated rings. The Morgan fingerprint density at radius 3 is 2.70 bits per heavy atom. The topological polar surface area (TPSA) is 64.4 Å². The number of nitrogens with zero attached hydrogens (tertiary/aromatic N) is 3. The standard InChI is InChI=1S/C20H23N3O3S/c1-22-17-15(16(21-22)19(25)26-2)8-11-23(18(17)24)13-20(9-10-20)27-12-14-6-4-3-5-7-14/h3-7H,8-13H2,1-2H3. The Labute approximate surface area is 162 Å². The minimum absolute atomic E-state index is 0.0343. The molecule has 0 atom stereocenters. The highest BCUT2D eigenvalue weighted by atomic mass is 32.2. The van der Waals surface area contributed by atoms with Crippen LogP contribution in [0.5, 0.6) is 0 Å². The van der Waals surface area contributed by atoms with Gasteiger partial charge in [-0.2, -0.15) is 5.10 Å². The largest absolute Gasteiger partial charge is 0.464 e. The molecule has 2 aromatic rings. The monoisotopic (exact) mass is 385 g/mol. The maximum atomic E-state index is 13.0. The minimum atomic E-state index is -0.481. The van der Waals surface area contributed by atoms with E-state index in [4.69, 9.17) is 4.74 Å². The molecule has 0 spiro atoms. The van der Waals surface area contributed by atoms with Crippen molar-refractivity contribution in [1.29, 1.82) is 0 Å². The quantitative estimate of drug-likeness (QED) is 0.716. The molecule has 2 aliphatic rings. The summed E-state index contributed by atoms with van der Waals surface area (Å²) < 4.78 is 6.48. The first-order valence-corrected chi connectivity index (χ1v) is 10.1. The van der Waals surface area contributed by atoms with Gasteiger partial charge in [0, 0.05) is 36.2 Å². The van der Waals surface area contributed by atoms with Gasteiger partial charge in [-0.1, -0.05) is 30.3 Å². The lowest BCUT2D eigenvalue weighted by atomic mass is 10.0. The SMILES string of the molecule is COC(=O)c1nn(C)c2c1CCN(CC1(SCc3ccccc3)CC1)C2=O. The van der Waals surface area contributed by atoms with E-state index in [0.29, 0.717) is 24.2 Å². The third-order valence-corrected chi connectivity index (χ3v) is 6.95. The van der Waals surface area contributed by atoms with Crippen molar-refractivity contribution in [2.24, 2.45) is 7.05 Å². The number of aromatic nitrogens is 2. The highest BCUT2D eigenvalue weighted by molar-refractivity contribution is 8.00. The zero-order chi connectivity index (χ0) is 19.0. The summed E-state index contributed by atoms with van der Waals surface area (Å²) in [7, 11) is 3.05. The number of aryl methyl sites for hydroxylation is 1. The number of amides is 1. The Balaban J connectivity index is 1.46. The van der Waals surface area contributed by atoms with Crippen molar-refractivity contribution < 1.29 is 14.3 Å². The molecule has 1 amide bonds. The van der Waals surface area contributed by atoms with Gasteiger partial charge in [0.1, 0.15) is 5.69 Å². The van der Waals surface area contributed by atoms with Gasteiger partial charge in [0.25, 0.3) is 5.91 Å². The van der Waals surface area contributed by atoms with E-state index in [0.717, 1.165) is 25.1 Å². The van der Waals surface area contributed by atoms with Gasteiger partial charge in [-0.3, -0.25) is 9.48 Å². The Hall–Kier alpha value is -2.28. The molecule has 1 aromatic heterocycles. The van der Waals surface area contributed by atoms with E-state index in [9.17, 15) is 9.59 Å². The summed E-state index contributed by atoms with van der Waals surface area (Å²) in [5.41, 5.74) is 2.82. The average molecular weight is 385 g/mol. The second kappa shape index (κ2) is 7.03. The molecule has 6 nitrogen and oxygen atoms in total. The van der Waals surface area contributed by atoms with E-state index in [1.807, 2.05) is 22.7 Å². The predicted octanol–water partition coefficient (Wildman–Crippen LogP) is 2.67.